The lowest BCUT2D eigenvalue weighted by Gasteiger charge is -2.10. The van der Waals surface area contributed by atoms with E-state index in [4.69, 9.17) is 35.0 Å². The molecule has 21 heavy (non-hydrogen) atoms. The predicted molar refractivity (Wildman–Crippen MR) is 76.0 cm³/mol. The van der Waals surface area contributed by atoms with Crippen LogP contribution in [0.1, 0.15) is 0 Å². The zero-order valence-electron chi connectivity index (χ0n) is 11.8. The van der Waals surface area contributed by atoms with Gasteiger partial charge in [0.05, 0.1) is 33.0 Å². The largest absolute Gasteiger partial charge is 0.491 e. The van der Waals surface area contributed by atoms with Gasteiger partial charge in [0.2, 0.25) is 0 Å². The third-order valence-corrected chi connectivity index (χ3v) is 2.15. The maximum Gasteiger partial charge on any atom is 0.119 e. The Balaban J connectivity index is 0.000000382. The van der Waals surface area contributed by atoms with E-state index < -0.39 is 12.2 Å². The Kier molecular flexibility index (Phi) is 13.0. The molecule has 0 saturated carbocycles. The molecule has 0 aromatic heterocycles. The highest BCUT2D eigenvalue weighted by Crippen LogP contribution is 2.07. The molecule has 0 radical (unpaired) electrons. The van der Waals surface area contributed by atoms with Crippen LogP contribution in [0.15, 0.2) is 30.3 Å². The maximum absolute atomic E-state index is 8.72. The van der Waals surface area contributed by atoms with E-state index in [1.807, 2.05) is 30.3 Å². The van der Waals surface area contributed by atoms with Crippen molar-refractivity contribution in [3.8, 4) is 5.75 Å². The molecule has 7 nitrogen and oxygen atoms in total. The number of ether oxygens (including phenoxy) is 2. The quantitative estimate of drug-likeness (QED) is 0.387. The van der Waals surface area contributed by atoms with Crippen LogP contribution in [0.2, 0.25) is 0 Å². The minimum Gasteiger partial charge on any atom is -0.491 e. The Bertz CT molecular complexity index is 310. The second kappa shape index (κ2) is 13.7. The van der Waals surface area contributed by atoms with Crippen molar-refractivity contribution in [2.75, 3.05) is 39.6 Å². The Hall–Kier alpha value is -1.22. The van der Waals surface area contributed by atoms with Crippen LogP contribution in [-0.2, 0) is 4.74 Å². The van der Waals surface area contributed by atoms with Crippen LogP contribution in [0.5, 0.6) is 5.75 Å². The van der Waals surface area contributed by atoms with Gasteiger partial charge < -0.3 is 35.0 Å². The summed E-state index contributed by atoms with van der Waals surface area (Å²) < 4.78 is 9.82. The van der Waals surface area contributed by atoms with Gasteiger partial charge in [-0.3, -0.25) is 0 Å². The Morgan fingerprint density at radius 3 is 1.81 bits per heavy atom. The van der Waals surface area contributed by atoms with Crippen LogP contribution >= 0.6 is 0 Å². The first kappa shape index (κ1) is 19.8. The van der Waals surface area contributed by atoms with E-state index in [-0.39, 0.29) is 33.0 Å². The summed E-state index contributed by atoms with van der Waals surface area (Å²) in [5.41, 5.74) is 0. The Morgan fingerprint density at radius 1 is 0.857 bits per heavy atom. The summed E-state index contributed by atoms with van der Waals surface area (Å²) in [7, 11) is 0. The lowest BCUT2D eigenvalue weighted by atomic mass is 10.3. The number of para-hydroxylation sites is 1. The highest BCUT2D eigenvalue weighted by atomic mass is 16.5. The molecule has 7 heteroatoms. The first-order valence-corrected chi connectivity index (χ1v) is 6.58. The minimum atomic E-state index is -0.916. The van der Waals surface area contributed by atoms with Crippen molar-refractivity contribution in [3.05, 3.63) is 30.3 Å². The van der Waals surface area contributed by atoms with Crippen molar-refractivity contribution in [2.45, 2.75) is 12.2 Å². The highest BCUT2D eigenvalue weighted by Gasteiger charge is 2.04. The average molecular weight is 304 g/mol. The molecule has 0 heterocycles. The summed E-state index contributed by atoms with van der Waals surface area (Å²) in [6, 6.07) is 9.43. The minimum absolute atomic E-state index is 0.0342. The first-order valence-electron chi connectivity index (χ1n) is 6.58. The van der Waals surface area contributed by atoms with Crippen LogP contribution in [0, 0.1) is 0 Å². The SMILES string of the molecule is OCC(O)COCC(O)CO.OCCOc1ccccc1. The van der Waals surface area contributed by atoms with Crippen LogP contribution in [-0.4, -0.2) is 77.4 Å². The van der Waals surface area contributed by atoms with Gasteiger partial charge in [-0.2, -0.15) is 0 Å². The van der Waals surface area contributed by atoms with Crippen molar-refractivity contribution < 1.29 is 35.0 Å². The number of aliphatic hydroxyl groups excluding tert-OH is 5. The van der Waals surface area contributed by atoms with Gasteiger partial charge in [0.1, 0.15) is 24.6 Å². The normalized spacial score (nSPS) is 13.0. The van der Waals surface area contributed by atoms with Gasteiger partial charge in [0.25, 0.3) is 0 Å². The van der Waals surface area contributed by atoms with E-state index in [0.717, 1.165) is 5.75 Å². The highest BCUT2D eigenvalue weighted by molar-refractivity contribution is 5.20. The van der Waals surface area contributed by atoms with Gasteiger partial charge >= 0.3 is 0 Å². The molecule has 1 aromatic carbocycles. The zero-order valence-corrected chi connectivity index (χ0v) is 11.8. The lowest BCUT2D eigenvalue weighted by molar-refractivity contribution is -0.0364. The van der Waals surface area contributed by atoms with E-state index in [9.17, 15) is 0 Å². The van der Waals surface area contributed by atoms with E-state index >= 15 is 0 Å². The van der Waals surface area contributed by atoms with Crippen LogP contribution < -0.4 is 4.74 Å². The Labute approximate surface area is 124 Å². The van der Waals surface area contributed by atoms with Crippen LogP contribution in [0.4, 0.5) is 0 Å². The Morgan fingerprint density at radius 2 is 1.38 bits per heavy atom. The standard InChI is InChI=1S/C8H10O2.C6H14O5/c9-6-7-10-8-4-2-1-3-5-8;7-1-5(9)3-11-4-6(10)2-8/h1-5,9H,6-7H2;5-10H,1-4H2. The van der Waals surface area contributed by atoms with Crippen LogP contribution in [0.3, 0.4) is 0 Å². The third-order valence-electron chi connectivity index (χ3n) is 2.15. The third kappa shape index (κ3) is 12.2. The summed E-state index contributed by atoms with van der Waals surface area (Å²) in [6.45, 7) is -0.371. The summed E-state index contributed by atoms with van der Waals surface area (Å²) in [4.78, 5) is 0. The fraction of sp³-hybridized carbons (Fsp3) is 0.571. The number of aliphatic hydroxyl groups is 5. The summed E-state index contributed by atoms with van der Waals surface area (Å²) in [5, 5.41) is 42.5. The van der Waals surface area contributed by atoms with Crippen LogP contribution in [0.25, 0.3) is 0 Å². The summed E-state index contributed by atoms with van der Waals surface area (Å²) in [5.74, 6) is 0.802. The molecule has 0 saturated heterocycles. The molecule has 0 aliphatic heterocycles. The zero-order chi connectivity index (χ0) is 15.9. The fourth-order valence-corrected chi connectivity index (χ4v) is 1.13. The lowest BCUT2D eigenvalue weighted by Crippen LogP contribution is -2.25. The first-order chi connectivity index (χ1) is 10.1. The molecule has 0 aliphatic carbocycles. The molecule has 5 N–H and O–H groups in total. The second-order valence-corrected chi connectivity index (χ2v) is 4.10. The van der Waals surface area contributed by atoms with Crippen molar-refractivity contribution in [3.63, 3.8) is 0 Å². The van der Waals surface area contributed by atoms with Gasteiger partial charge in [-0.1, -0.05) is 18.2 Å². The van der Waals surface area contributed by atoms with Gasteiger partial charge in [-0.15, -0.1) is 0 Å². The molecular weight excluding hydrogens is 280 g/mol. The van der Waals surface area contributed by atoms with Crippen molar-refractivity contribution >= 4 is 0 Å². The molecule has 0 bridgehead atoms. The van der Waals surface area contributed by atoms with Gasteiger partial charge in [0.15, 0.2) is 0 Å². The van der Waals surface area contributed by atoms with E-state index in [0.29, 0.717) is 6.61 Å². The number of rotatable bonds is 9. The summed E-state index contributed by atoms with van der Waals surface area (Å²) >= 11 is 0. The fourth-order valence-electron chi connectivity index (χ4n) is 1.13. The maximum atomic E-state index is 8.72. The molecule has 122 valence electrons. The van der Waals surface area contributed by atoms with E-state index in [1.165, 1.54) is 0 Å². The topological polar surface area (TPSA) is 120 Å². The summed E-state index contributed by atoms with van der Waals surface area (Å²) in [6.07, 6.45) is -1.83. The molecule has 0 aliphatic rings. The molecular formula is C14H24O7. The smallest absolute Gasteiger partial charge is 0.119 e. The van der Waals surface area contributed by atoms with Gasteiger partial charge in [0, 0.05) is 0 Å². The molecule has 0 amide bonds. The second-order valence-electron chi connectivity index (χ2n) is 4.10. The van der Waals surface area contributed by atoms with E-state index in [2.05, 4.69) is 0 Å². The number of hydrogen-bond donors (Lipinski definition) is 5. The van der Waals surface area contributed by atoms with Crippen molar-refractivity contribution in [1.29, 1.82) is 0 Å². The number of benzene rings is 1. The molecule has 2 atom stereocenters. The molecule has 1 rings (SSSR count). The molecule has 2 unspecified atom stereocenters. The number of hydrogen-bond acceptors (Lipinski definition) is 7. The molecule has 1 aromatic rings. The average Bonchev–Trinajstić information content (AvgIpc) is 2.54. The van der Waals surface area contributed by atoms with E-state index in [1.54, 1.807) is 0 Å². The molecule has 0 fully saturated rings. The van der Waals surface area contributed by atoms with Crippen molar-refractivity contribution in [2.24, 2.45) is 0 Å². The predicted octanol–water partition coefficient (Wildman–Crippen LogP) is -1.23. The molecule has 0 spiro atoms. The van der Waals surface area contributed by atoms with Crippen molar-refractivity contribution in [1.82, 2.24) is 0 Å². The van der Waals surface area contributed by atoms with Gasteiger partial charge in [-0.05, 0) is 12.1 Å². The monoisotopic (exact) mass is 304 g/mol. The van der Waals surface area contributed by atoms with Gasteiger partial charge in [-0.25, -0.2) is 0 Å².